The fourth-order valence-electron chi connectivity index (χ4n) is 2.76. The van der Waals surface area contributed by atoms with E-state index < -0.39 is 11.2 Å². The molecule has 1 fully saturated rings. The van der Waals surface area contributed by atoms with Gasteiger partial charge in [0, 0.05) is 20.0 Å². The fraction of sp³-hybridized carbons (Fsp3) is 0.615. The highest BCUT2D eigenvalue weighted by molar-refractivity contribution is 5.47. The van der Waals surface area contributed by atoms with Gasteiger partial charge < -0.3 is 0 Å². The van der Waals surface area contributed by atoms with Gasteiger partial charge in [0.15, 0.2) is 17.3 Å². The number of hydrogen-bond donors (Lipinski definition) is 0. The van der Waals surface area contributed by atoms with Crippen molar-refractivity contribution >= 4 is 0 Å². The van der Waals surface area contributed by atoms with Crippen LogP contribution in [0.2, 0.25) is 0 Å². The molecule has 20 heavy (non-hydrogen) atoms. The Bertz CT molecular complexity index is 727. The maximum atomic E-state index is 12.2. The van der Waals surface area contributed by atoms with Crippen molar-refractivity contribution in [2.45, 2.75) is 38.0 Å². The van der Waals surface area contributed by atoms with Crippen molar-refractivity contribution in [3.05, 3.63) is 26.7 Å². The molecule has 1 aliphatic carbocycles. The highest BCUT2D eigenvalue weighted by Gasteiger charge is 2.23. The Morgan fingerprint density at radius 1 is 1.05 bits per heavy atom. The van der Waals surface area contributed by atoms with E-state index in [-0.39, 0.29) is 11.5 Å². The minimum absolute atomic E-state index is 0.227. The van der Waals surface area contributed by atoms with E-state index in [9.17, 15) is 9.59 Å². The summed E-state index contributed by atoms with van der Waals surface area (Å²) >= 11 is 0. The van der Waals surface area contributed by atoms with Gasteiger partial charge in [-0.15, -0.1) is 0 Å². The SMILES string of the molecule is Cn1nc(C2CCCCC2)nc2c(=O)n(C)c(=O)nc1-2. The van der Waals surface area contributed by atoms with Gasteiger partial charge in [-0.25, -0.2) is 14.5 Å². The van der Waals surface area contributed by atoms with E-state index in [0.717, 1.165) is 17.4 Å². The van der Waals surface area contributed by atoms with Gasteiger partial charge in [-0.2, -0.15) is 10.1 Å². The molecule has 3 aliphatic rings. The number of aromatic nitrogens is 5. The Morgan fingerprint density at radius 3 is 2.45 bits per heavy atom. The van der Waals surface area contributed by atoms with Crippen molar-refractivity contribution < 1.29 is 0 Å². The van der Waals surface area contributed by atoms with Gasteiger partial charge in [-0.05, 0) is 12.8 Å². The Labute approximate surface area is 115 Å². The van der Waals surface area contributed by atoms with Crippen LogP contribution in [-0.4, -0.2) is 24.3 Å². The molecule has 0 atom stereocenters. The molecule has 0 amide bonds. The molecule has 0 saturated heterocycles. The first-order valence-corrected chi connectivity index (χ1v) is 6.90. The molecule has 7 heteroatoms. The van der Waals surface area contributed by atoms with Gasteiger partial charge in [0.2, 0.25) is 0 Å². The number of rotatable bonds is 1. The van der Waals surface area contributed by atoms with Crippen molar-refractivity contribution in [1.82, 2.24) is 24.3 Å². The van der Waals surface area contributed by atoms with Crippen LogP contribution < -0.4 is 11.2 Å². The second-order valence-corrected chi connectivity index (χ2v) is 5.36. The molecule has 0 bridgehead atoms. The lowest BCUT2D eigenvalue weighted by molar-refractivity contribution is 0.419. The van der Waals surface area contributed by atoms with Crippen LogP contribution in [0.15, 0.2) is 9.59 Å². The highest BCUT2D eigenvalue weighted by Crippen LogP contribution is 2.30. The van der Waals surface area contributed by atoms with E-state index in [1.54, 1.807) is 7.05 Å². The lowest BCUT2D eigenvalue weighted by Gasteiger charge is -2.21. The number of hydrogen-bond acceptors (Lipinski definition) is 5. The topological polar surface area (TPSA) is 82.7 Å². The van der Waals surface area contributed by atoms with E-state index in [1.165, 1.54) is 31.0 Å². The van der Waals surface area contributed by atoms with Crippen molar-refractivity contribution in [3.63, 3.8) is 0 Å². The first-order valence-electron chi connectivity index (χ1n) is 6.90. The summed E-state index contributed by atoms with van der Waals surface area (Å²) in [7, 11) is 3.11. The molecule has 0 spiro atoms. The van der Waals surface area contributed by atoms with Crippen LogP contribution in [0, 0.1) is 0 Å². The molecule has 0 radical (unpaired) electrons. The van der Waals surface area contributed by atoms with E-state index >= 15 is 0 Å². The molecule has 0 aromatic heterocycles. The Kier molecular flexibility index (Phi) is 3.11. The summed E-state index contributed by atoms with van der Waals surface area (Å²) < 4.78 is 2.48. The lowest BCUT2D eigenvalue weighted by Crippen LogP contribution is -2.37. The van der Waals surface area contributed by atoms with E-state index in [4.69, 9.17) is 0 Å². The quantitative estimate of drug-likeness (QED) is 0.753. The average Bonchev–Trinajstić information content (AvgIpc) is 2.47. The standard InChI is InChI=1S/C13H17N5O2/c1-17-12(19)9-11(15-13(17)20)18(2)16-10(14-9)8-6-4-3-5-7-8/h8H,3-7H2,1-2H3. The van der Waals surface area contributed by atoms with Gasteiger partial charge in [-0.3, -0.25) is 9.36 Å². The summed E-state index contributed by atoms with van der Waals surface area (Å²) in [6.07, 6.45) is 5.70. The summed E-state index contributed by atoms with van der Waals surface area (Å²) in [5.74, 6) is 1.24. The molecular weight excluding hydrogens is 258 g/mol. The fourth-order valence-corrected chi connectivity index (χ4v) is 2.76. The van der Waals surface area contributed by atoms with Gasteiger partial charge in [-0.1, -0.05) is 19.3 Å². The van der Waals surface area contributed by atoms with Gasteiger partial charge >= 0.3 is 5.69 Å². The predicted octanol–water partition coefficient (Wildman–Crippen LogP) is 0.421. The molecule has 7 nitrogen and oxygen atoms in total. The number of fused-ring (bicyclic) bond motifs is 1. The molecule has 2 heterocycles. The monoisotopic (exact) mass is 275 g/mol. The van der Waals surface area contributed by atoms with Crippen molar-refractivity contribution in [2.75, 3.05) is 0 Å². The third kappa shape index (κ3) is 2.03. The minimum atomic E-state index is -0.577. The van der Waals surface area contributed by atoms with Crippen molar-refractivity contribution in [2.24, 2.45) is 14.1 Å². The molecule has 0 unspecified atom stereocenters. The first kappa shape index (κ1) is 13.0. The molecule has 2 aliphatic heterocycles. The van der Waals surface area contributed by atoms with Crippen LogP contribution in [0.25, 0.3) is 11.5 Å². The smallest absolute Gasteiger partial charge is 0.267 e. The van der Waals surface area contributed by atoms with Gasteiger partial charge in [0.1, 0.15) is 0 Å². The van der Waals surface area contributed by atoms with E-state index in [2.05, 4.69) is 15.1 Å². The molecule has 3 rings (SSSR count). The van der Waals surface area contributed by atoms with Crippen LogP contribution in [-0.2, 0) is 14.1 Å². The maximum Gasteiger partial charge on any atom is 0.352 e. The Balaban J connectivity index is 2.20. The van der Waals surface area contributed by atoms with Crippen molar-refractivity contribution in [3.8, 4) is 11.5 Å². The lowest BCUT2D eigenvalue weighted by atomic mass is 9.89. The minimum Gasteiger partial charge on any atom is -0.267 e. The third-order valence-corrected chi connectivity index (χ3v) is 3.96. The summed E-state index contributed by atoms with van der Waals surface area (Å²) in [6, 6.07) is 0. The number of aryl methyl sites for hydroxylation is 1. The summed E-state index contributed by atoms with van der Waals surface area (Å²) in [4.78, 5) is 32.0. The zero-order chi connectivity index (χ0) is 14.3. The third-order valence-electron chi connectivity index (χ3n) is 3.96. The number of nitrogens with zero attached hydrogens (tertiary/aromatic N) is 5. The summed E-state index contributed by atoms with van der Waals surface area (Å²) in [6.45, 7) is 0. The Hall–Kier alpha value is -2.05. The molecule has 0 aromatic rings. The van der Waals surface area contributed by atoms with Crippen LogP contribution in [0.1, 0.15) is 43.8 Å². The average molecular weight is 275 g/mol. The van der Waals surface area contributed by atoms with Crippen LogP contribution in [0.3, 0.4) is 0 Å². The van der Waals surface area contributed by atoms with E-state index in [1.807, 2.05) is 0 Å². The highest BCUT2D eigenvalue weighted by atomic mass is 16.2. The van der Waals surface area contributed by atoms with Crippen LogP contribution in [0.4, 0.5) is 0 Å². The van der Waals surface area contributed by atoms with Crippen LogP contribution in [0.5, 0.6) is 0 Å². The first-order chi connectivity index (χ1) is 9.58. The summed E-state index contributed by atoms with van der Waals surface area (Å²) in [5.41, 5.74) is -0.757. The Morgan fingerprint density at radius 2 is 1.75 bits per heavy atom. The van der Waals surface area contributed by atoms with Crippen LogP contribution >= 0.6 is 0 Å². The van der Waals surface area contributed by atoms with Gasteiger partial charge in [0.25, 0.3) is 5.56 Å². The van der Waals surface area contributed by atoms with Gasteiger partial charge in [0.05, 0.1) is 0 Å². The normalized spacial score (nSPS) is 16.7. The second-order valence-electron chi connectivity index (χ2n) is 5.36. The summed E-state index contributed by atoms with van der Waals surface area (Å²) in [5, 5.41) is 4.39. The molecule has 0 aromatic carbocycles. The zero-order valence-corrected chi connectivity index (χ0v) is 11.7. The maximum absolute atomic E-state index is 12.2. The molecule has 106 valence electrons. The van der Waals surface area contributed by atoms with E-state index in [0.29, 0.717) is 11.7 Å². The largest absolute Gasteiger partial charge is 0.352 e. The zero-order valence-electron chi connectivity index (χ0n) is 11.7. The second kappa shape index (κ2) is 4.81. The molecule has 1 saturated carbocycles. The van der Waals surface area contributed by atoms with Crippen molar-refractivity contribution in [1.29, 1.82) is 0 Å². The predicted molar refractivity (Wildman–Crippen MR) is 72.8 cm³/mol. The molecular formula is C13H17N5O2. The molecule has 0 N–H and O–H groups in total.